The second-order valence-electron chi connectivity index (χ2n) is 5.17. The van der Waals surface area contributed by atoms with E-state index >= 15 is 0 Å². The number of hydrogen-bond donors (Lipinski definition) is 3. The Morgan fingerprint density at radius 2 is 2.27 bits per heavy atom. The Morgan fingerprint density at radius 3 is 2.91 bits per heavy atom. The van der Waals surface area contributed by atoms with Gasteiger partial charge in [-0.25, -0.2) is 0 Å². The molecule has 1 unspecified atom stereocenters. The molecule has 22 heavy (non-hydrogen) atoms. The van der Waals surface area contributed by atoms with Crippen LogP contribution in [0.15, 0.2) is 12.1 Å². The third-order valence-corrected chi connectivity index (χ3v) is 3.55. The van der Waals surface area contributed by atoms with Gasteiger partial charge >= 0.3 is 0 Å². The maximum absolute atomic E-state index is 11.3. The monoisotopic (exact) mass is 309 g/mol. The van der Waals surface area contributed by atoms with Gasteiger partial charge in [-0.3, -0.25) is 4.79 Å². The molecule has 1 aromatic carbocycles. The predicted molar refractivity (Wildman–Crippen MR) is 83.3 cm³/mol. The van der Waals surface area contributed by atoms with Crippen LogP contribution in [0.5, 0.6) is 11.5 Å². The maximum atomic E-state index is 11.3. The molecule has 1 saturated heterocycles. The van der Waals surface area contributed by atoms with Crippen molar-refractivity contribution in [1.29, 1.82) is 0 Å². The van der Waals surface area contributed by atoms with E-state index in [1.165, 1.54) is 13.2 Å². The van der Waals surface area contributed by atoms with Gasteiger partial charge in [0.1, 0.15) is 0 Å². The second-order valence-corrected chi connectivity index (χ2v) is 5.17. The lowest BCUT2D eigenvalue weighted by atomic mass is 10.1. The summed E-state index contributed by atoms with van der Waals surface area (Å²) >= 11 is 0. The Morgan fingerprint density at radius 1 is 1.45 bits per heavy atom. The third-order valence-electron chi connectivity index (χ3n) is 3.55. The number of benzene rings is 1. The molecule has 0 spiro atoms. The molecule has 1 amide bonds. The number of amides is 1. The number of primary amides is 1. The number of methoxy groups -OCH3 is 1. The summed E-state index contributed by atoms with van der Waals surface area (Å²) in [5.74, 6) is 0.369. The van der Waals surface area contributed by atoms with E-state index < -0.39 is 5.91 Å². The molecule has 5 N–H and O–H groups in total. The lowest BCUT2D eigenvalue weighted by Crippen LogP contribution is -2.41. The first-order chi connectivity index (χ1) is 10.6. The number of nitrogens with two attached hydrogens (primary N) is 2. The number of carbonyl (C=O) groups excluding carboxylic acids is 1. The SMILES string of the molecule is COc1cc(N)c(C(N)=O)cc1OCCCC1COCCN1. The van der Waals surface area contributed by atoms with Gasteiger partial charge < -0.3 is 31.0 Å². The summed E-state index contributed by atoms with van der Waals surface area (Å²) in [4.78, 5) is 11.3. The number of hydrogen-bond acceptors (Lipinski definition) is 6. The molecule has 0 aliphatic carbocycles. The molecule has 122 valence electrons. The number of rotatable bonds is 7. The molecular weight excluding hydrogens is 286 g/mol. The minimum Gasteiger partial charge on any atom is -0.493 e. The molecule has 7 heteroatoms. The zero-order valence-electron chi connectivity index (χ0n) is 12.8. The zero-order valence-corrected chi connectivity index (χ0v) is 12.8. The normalized spacial score (nSPS) is 18.0. The molecule has 7 nitrogen and oxygen atoms in total. The summed E-state index contributed by atoms with van der Waals surface area (Å²) in [5.41, 5.74) is 11.6. The van der Waals surface area contributed by atoms with Crippen LogP contribution >= 0.6 is 0 Å². The van der Waals surface area contributed by atoms with Crippen molar-refractivity contribution in [2.75, 3.05) is 39.2 Å². The average Bonchev–Trinajstić information content (AvgIpc) is 2.53. The van der Waals surface area contributed by atoms with Crippen LogP contribution < -0.4 is 26.3 Å². The van der Waals surface area contributed by atoms with E-state index in [2.05, 4.69) is 5.32 Å². The van der Waals surface area contributed by atoms with Gasteiger partial charge in [0, 0.05) is 24.3 Å². The maximum Gasteiger partial charge on any atom is 0.250 e. The van der Waals surface area contributed by atoms with E-state index in [1.807, 2.05) is 0 Å². The smallest absolute Gasteiger partial charge is 0.250 e. The van der Waals surface area contributed by atoms with Crippen LogP contribution in [0.25, 0.3) is 0 Å². The fourth-order valence-electron chi connectivity index (χ4n) is 2.38. The Bertz CT molecular complexity index is 516. The summed E-state index contributed by atoms with van der Waals surface area (Å²) in [7, 11) is 1.52. The lowest BCUT2D eigenvalue weighted by molar-refractivity contribution is 0.0721. The van der Waals surface area contributed by atoms with Crippen LogP contribution in [0.2, 0.25) is 0 Å². The lowest BCUT2D eigenvalue weighted by Gasteiger charge is -2.23. The number of nitrogens with one attached hydrogen (secondary N) is 1. The summed E-state index contributed by atoms with van der Waals surface area (Å²) < 4.78 is 16.3. The van der Waals surface area contributed by atoms with Crippen LogP contribution in [-0.4, -0.2) is 45.4 Å². The highest BCUT2D eigenvalue weighted by Gasteiger charge is 2.15. The molecule has 1 aliphatic rings. The molecular formula is C15H23N3O4. The molecule has 0 saturated carbocycles. The van der Waals surface area contributed by atoms with Gasteiger partial charge in [0.25, 0.3) is 5.91 Å². The Kier molecular flexibility index (Phi) is 5.85. The number of anilines is 1. The second kappa shape index (κ2) is 7.86. The van der Waals surface area contributed by atoms with Crippen molar-refractivity contribution in [2.45, 2.75) is 18.9 Å². The van der Waals surface area contributed by atoms with E-state index in [0.29, 0.717) is 24.1 Å². The van der Waals surface area contributed by atoms with Gasteiger partial charge in [0.05, 0.1) is 32.5 Å². The van der Waals surface area contributed by atoms with E-state index in [1.54, 1.807) is 6.07 Å². The van der Waals surface area contributed by atoms with Gasteiger partial charge in [-0.1, -0.05) is 0 Å². The Labute approximate surface area is 129 Å². The Balaban J connectivity index is 1.90. The van der Waals surface area contributed by atoms with Crippen LogP contribution in [0, 0.1) is 0 Å². The van der Waals surface area contributed by atoms with Gasteiger partial charge in [0.2, 0.25) is 0 Å². The molecule has 0 aromatic heterocycles. The van der Waals surface area contributed by atoms with Gasteiger partial charge in [0.15, 0.2) is 11.5 Å². The first-order valence-electron chi connectivity index (χ1n) is 7.33. The van der Waals surface area contributed by atoms with Gasteiger partial charge in [-0.2, -0.15) is 0 Å². The highest BCUT2D eigenvalue weighted by molar-refractivity contribution is 5.98. The summed E-state index contributed by atoms with van der Waals surface area (Å²) in [5, 5.41) is 3.39. The van der Waals surface area contributed by atoms with Gasteiger partial charge in [-0.15, -0.1) is 0 Å². The highest BCUT2D eigenvalue weighted by Crippen LogP contribution is 2.32. The minimum absolute atomic E-state index is 0.234. The van der Waals surface area contributed by atoms with Crippen molar-refractivity contribution in [3.05, 3.63) is 17.7 Å². The van der Waals surface area contributed by atoms with Crippen molar-refractivity contribution in [3.8, 4) is 11.5 Å². The van der Waals surface area contributed by atoms with E-state index in [-0.39, 0.29) is 11.3 Å². The van der Waals surface area contributed by atoms with Crippen molar-refractivity contribution in [3.63, 3.8) is 0 Å². The average molecular weight is 309 g/mol. The fraction of sp³-hybridized carbons (Fsp3) is 0.533. The van der Waals surface area contributed by atoms with Crippen molar-refractivity contribution in [1.82, 2.24) is 5.32 Å². The van der Waals surface area contributed by atoms with Crippen LogP contribution in [0.3, 0.4) is 0 Å². The van der Waals surface area contributed by atoms with Crippen molar-refractivity contribution < 1.29 is 19.0 Å². The number of morpholine rings is 1. The summed E-state index contributed by atoms with van der Waals surface area (Å²) in [6, 6.07) is 3.44. The fourth-order valence-corrected chi connectivity index (χ4v) is 2.38. The predicted octanol–water partition coefficient (Wildman–Crippen LogP) is 0.524. The molecule has 2 rings (SSSR count). The number of carbonyl (C=O) groups is 1. The molecule has 0 radical (unpaired) electrons. The largest absolute Gasteiger partial charge is 0.493 e. The van der Waals surface area contributed by atoms with E-state index in [0.717, 1.165) is 32.6 Å². The van der Waals surface area contributed by atoms with E-state index in [9.17, 15) is 4.79 Å². The molecule has 1 fully saturated rings. The first-order valence-corrected chi connectivity index (χ1v) is 7.33. The van der Waals surface area contributed by atoms with Crippen molar-refractivity contribution >= 4 is 11.6 Å². The summed E-state index contributed by atoms with van der Waals surface area (Å²) in [6.07, 6.45) is 1.82. The van der Waals surface area contributed by atoms with Crippen molar-refractivity contribution in [2.24, 2.45) is 5.73 Å². The zero-order chi connectivity index (χ0) is 15.9. The van der Waals surface area contributed by atoms with Crippen LogP contribution in [0.4, 0.5) is 5.69 Å². The topological polar surface area (TPSA) is 109 Å². The van der Waals surface area contributed by atoms with Crippen LogP contribution in [-0.2, 0) is 4.74 Å². The quantitative estimate of drug-likeness (QED) is 0.500. The molecule has 1 aromatic rings. The third kappa shape index (κ3) is 4.25. The van der Waals surface area contributed by atoms with E-state index in [4.69, 9.17) is 25.7 Å². The molecule has 1 aliphatic heterocycles. The highest BCUT2D eigenvalue weighted by atomic mass is 16.5. The number of ether oxygens (including phenoxy) is 3. The van der Waals surface area contributed by atoms with Gasteiger partial charge in [-0.05, 0) is 18.9 Å². The summed E-state index contributed by atoms with van der Waals surface area (Å²) in [6.45, 7) is 2.90. The Hall–Kier alpha value is -1.99. The first kappa shape index (κ1) is 16.4. The molecule has 0 bridgehead atoms. The number of nitrogen functional groups attached to an aromatic ring is 1. The molecule has 1 heterocycles. The standard InChI is InChI=1S/C15H23N3O4/c1-20-13-8-12(16)11(15(17)19)7-14(13)22-5-2-3-10-9-21-6-4-18-10/h7-8,10,18H,2-6,9,16H2,1H3,(H2,17,19). The minimum atomic E-state index is -0.589. The molecule has 1 atom stereocenters. The van der Waals surface area contributed by atoms with Crippen LogP contribution in [0.1, 0.15) is 23.2 Å².